The number of aldehydes is 1. The maximum Gasteiger partial charge on any atom is 0.185 e. The summed E-state index contributed by atoms with van der Waals surface area (Å²) in [5.74, 6) is 0.350. The molecule has 14 heavy (non-hydrogen) atoms. The maximum absolute atomic E-state index is 10.4. The number of rotatable bonds is 2. The second kappa shape index (κ2) is 3.75. The fraction of sp³-hybridized carbons (Fsp3) is 0. The predicted molar refractivity (Wildman–Crippen MR) is 57.1 cm³/mol. The first kappa shape index (κ1) is 9.15. The van der Waals surface area contributed by atoms with E-state index in [0.717, 1.165) is 15.7 Å². The molecular formula is C10H7BrN2O. The zero-order chi connectivity index (χ0) is 9.97. The van der Waals surface area contributed by atoms with Gasteiger partial charge in [-0.05, 0) is 12.1 Å². The number of aromatic amines is 1. The Labute approximate surface area is 89.3 Å². The van der Waals surface area contributed by atoms with Gasteiger partial charge in [-0.2, -0.15) is 0 Å². The zero-order valence-corrected chi connectivity index (χ0v) is 8.78. The number of hydrogen-bond acceptors (Lipinski definition) is 2. The van der Waals surface area contributed by atoms with Crippen molar-refractivity contribution in [1.29, 1.82) is 0 Å². The number of imidazole rings is 1. The first-order valence-corrected chi connectivity index (χ1v) is 4.85. The van der Waals surface area contributed by atoms with Crippen molar-refractivity contribution in [2.75, 3.05) is 0 Å². The van der Waals surface area contributed by atoms with Gasteiger partial charge < -0.3 is 4.98 Å². The van der Waals surface area contributed by atoms with Crippen molar-refractivity contribution in [3.63, 3.8) is 0 Å². The van der Waals surface area contributed by atoms with E-state index in [0.29, 0.717) is 12.1 Å². The Morgan fingerprint density at radius 2 is 2.00 bits per heavy atom. The highest BCUT2D eigenvalue weighted by atomic mass is 79.9. The van der Waals surface area contributed by atoms with Crippen LogP contribution in [0.25, 0.3) is 11.3 Å². The lowest BCUT2D eigenvalue weighted by atomic mass is 10.2. The number of H-pyrrole nitrogens is 1. The quantitative estimate of drug-likeness (QED) is 0.834. The summed E-state index contributed by atoms with van der Waals surface area (Å²) in [6.07, 6.45) is 2.41. The minimum absolute atomic E-state index is 0.350. The fourth-order valence-corrected chi connectivity index (χ4v) is 1.43. The van der Waals surface area contributed by atoms with Crippen molar-refractivity contribution in [1.82, 2.24) is 9.97 Å². The molecule has 0 amide bonds. The minimum Gasteiger partial charge on any atom is -0.342 e. The lowest BCUT2D eigenvalue weighted by Gasteiger charge is -1.95. The van der Waals surface area contributed by atoms with Crippen molar-refractivity contribution >= 4 is 22.2 Å². The van der Waals surface area contributed by atoms with E-state index in [1.165, 1.54) is 0 Å². The van der Waals surface area contributed by atoms with E-state index >= 15 is 0 Å². The van der Waals surface area contributed by atoms with E-state index < -0.39 is 0 Å². The van der Waals surface area contributed by atoms with Gasteiger partial charge in [0.05, 0.1) is 5.69 Å². The third-order valence-corrected chi connectivity index (χ3v) is 2.38. The molecule has 0 aliphatic rings. The van der Waals surface area contributed by atoms with E-state index in [-0.39, 0.29) is 0 Å². The average molecular weight is 251 g/mol. The van der Waals surface area contributed by atoms with Crippen LogP contribution in [0.15, 0.2) is 34.9 Å². The molecule has 1 heterocycles. The Balaban J connectivity index is 2.39. The molecule has 4 heteroatoms. The number of nitrogens with zero attached hydrogens (tertiary/aromatic N) is 1. The van der Waals surface area contributed by atoms with Gasteiger partial charge in [0.2, 0.25) is 0 Å². The van der Waals surface area contributed by atoms with Crippen LogP contribution in [0.3, 0.4) is 0 Å². The van der Waals surface area contributed by atoms with Gasteiger partial charge in [0.1, 0.15) is 0 Å². The van der Waals surface area contributed by atoms with Gasteiger partial charge in [0.25, 0.3) is 0 Å². The summed E-state index contributed by atoms with van der Waals surface area (Å²) >= 11 is 3.35. The molecule has 0 aliphatic carbocycles. The maximum atomic E-state index is 10.4. The molecule has 0 aliphatic heterocycles. The van der Waals surface area contributed by atoms with Gasteiger partial charge in [0, 0.05) is 16.2 Å². The highest BCUT2D eigenvalue weighted by Crippen LogP contribution is 2.19. The van der Waals surface area contributed by atoms with E-state index in [1.54, 1.807) is 6.20 Å². The summed E-state index contributed by atoms with van der Waals surface area (Å²) in [4.78, 5) is 17.3. The van der Waals surface area contributed by atoms with Gasteiger partial charge in [-0.25, -0.2) is 4.98 Å². The summed E-state index contributed by atoms with van der Waals surface area (Å²) in [7, 11) is 0. The topological polar surface area (TPSA) is 45.8 Å². The Bertz CT molecular complexity index is 447. The molecule has 1 N–H and O–H groups in total. The molecule has 0 spiro atoms. The summed E-state index contributed by atoms with van der Waals surface area (Å²) < 4.78 is 1.02. The van der Waals surface area contributed by atoms with Crippen LogP contribution in [0, 0.1) is 0 Å². The van der Waals surface area contributed by atoms with Crippen LogP contribution in [0.5, 0.6) is 0 Å². The molecule has 2 rings (SSSR count). The highest BCUT2D eigenvalue weighted by Gasteiger charge is 2.02. The zero-order valence-electron chi connectivity index (χ0n) is 7.20. The molecule has 3 nitrogen and oxygen atoms in total. The van der Waals surface area contributed by atoms with Gasteiger partial charge in [0.15, 0.2) is 12.1 Å². The van der Waals surface area contributed by atoms with Crippen LogP contribution >= 0.6 is 15.9 Å². The standard InChI is InChI=1S/C10H7BrN2O/c11-8-3-1-7(2-4-8)9-5-12-10(6-14)13-9/h1-6H,(H,12,13). The molecule has 0 fully saturated rings. The third kappa shape index (κ3) is 1.75. The normalized spacial score (nSPS) is 10.1. The molecule has 1 aromatic heterocycles. The molecule has 2 aromatic rings. The summed E-state index contributed by atoms with van der Waals surface area (Å²) in [6.45, 7) is 0. The first-order chi connectivity index (χ1) is 6.79. The van der Waals surface area contributed by atoms with Crippen molar-refractivity contribution in [3.05, 3.63) is 40.8 Å². The number of aromatic nitrogens is 2. The number of benzene rings is 1. The number of carbonyl (C=O) groups excluding carboxylic acids is 1. The fourth-order valence-electron chi connectivity index (χ4n) is 1.17. The second-order valence-electron chi connectivity index (χ2n) is 2.80. The molecule has 1 aromatic carbocycles. The van der Waals surface area contributed by atoms with E-state index in [4.69, 9.17) is 0 Å². The van der Waals surface area contributed by atoms with Crippen molar-refractivity contribution in [2.45, 2.75) is 0 Å². The van der Waals surface area contributed by atoms with Crippen LogP contribution in [0.1, 0.15) is 10.6 Å². The molecular weight excluding hydrogens is 244 g/mol. The van der Waals surface area contributed by atoms with Gasteiger partial charge in [-0.3, -0.25) is 4.79 Å². The first-order valence-electron chi connectivity index (χ1n) is 4.06. The molecule has 0 saturated heterocycles. The Kier molecular flexibility index (Phi) is 2.45. The van der Waals surface area contributed by atoms with Crippen molar-refractivity contribution < 1.29 is 4.79 Å². The van der Waals surface area contributed by atoms with E-state index in [2.05, 4.69) is 25.9 Å². The smallest absolute Gasteiger partial charge is 0.185 e. The molecule has 0 radical (unpaired) electrons. The van der Waals surface area contributed by atoms with Crippen LogP contribution in [0.2, 0.25) is 0 Å². The number of hydrogen-bond donors (Lipinski definition) is 1. The second-order valence-corrected chi connectivity index (χ2v) is 3.71. The van der Waals surface area contributed by atoms with Crippen molar-refractivity contribution in [3.8, 4) is 11.3 Å². The number of halogens is 1. The van der Waals surface area contributed by atoms with E-state index in [9.17, 15) is 4.79 Å². The largest absolute Gasteiger partial charge is 0.342 e. The lowest BCUT2D eigenvalue weighted by molar-refractivity contribution is 0.111. The summed E-state index contributed by atoms with van der Waals surface area (Å²) in [5.41, 5.74) is 1.76. The van der Waals surface area contributed by atoms with Crippen LogP contribution in [-0.4, -0.2) is 16.3 Å². The minimum atomic E-state index is 0.350. The highest BCUT2D eigenvalue weighted by molar-refractivity contribution is 9.10. The summed E-state index contributed by atoms with van der Waals surface area (Å²) in [5, 5.41) is 0. The molecule has 0 unspecified atom stereocenters. The third-order valence-electron chi connectivity index (χ3n) is 1.85. The average Bonchev–Trinajstić information content (AvgIpc) is 2.67. The number of nitrogens with one attached hydrogen (secondary N) is 1. The molecule has 0 bridgehead atoms. The van der Waals surface area contributed by atoms with Gasteiger partial charge in [-0.1, -0.05) is 28.1 Å². The summed E-state index contributed by atoms with van der Waals surface area (Å²) in [6, 6.07) is 7.75. The number of carbonyl (C=O) groups is 1. The Hall–Kier alpha value is -1.42. The van der Waals surface area contributed by atoms with Crippen LogP contribution in [0.4, 0.5) is 0 Å². The molecule has 70 valence electrons. The van der Waals surface area contributed by atoms with Gasteiger partial charge >= 0.3 is 0 Å². The van der Waals surface area contributed by atoms with Crippen LogP contribution in [-0.2, 0) is 0 Å². The lowest BCUT2D eigenvalue weighted by Crippen LogP contribution is -1.81. The van der Waals surface area contributed by atoms with Crippen molar-refractivity contribution in [2.24, 2.45) is 0 Å². The Morgan fingerprint density at radius 1 is 1.29 bits per heavy atom. The Morgan fingerprint density at radius 3 is 2.57 bits per heavy atom. The SMILES string of the molecule is O=Cc1nc(-c2ccc(Br)cc2)c[nH]1. The molecule has 0 saturated carbocycles. The van der Waals surface area contributed by atoms with Crippen LogP contribution < -0.4 is 0 Å². The van der Waals surface area contributed by atoms with Gasteiger partial charge in [-0.15, -0.1) is 0 Å². The monoisotopic (exact) mass is 250 g/mol. The van der Waals surface area contributed by atoms with E-state index in [1.807, 2.05) is 24.3 Å². The predicted octanol–water partition coefficient (Wildman–Crippen LogP) is 2.65. The molecule has 0 atom stereocenters.